The first-order valence-electron chi connectivity index (χ1n) is 8.06. The highest BCUT2D eigenvalue weighted by Crippen LogP contribution is 2.32. The van der Waals surface area contributed by atoms with Gasteiger partial charge in [0.1, 0.15) is 12.4 Å². The van der Waals surface area contributed by atoms with Crippen molar-refractivity contribution in [2.45, 2.75) is 6.42 Å². The summed E-state index contributed by atoms with van der Waals surface area (Å²) < 4.78 is 16.8. The molecule has 0 radical (unpaired) electrons. The average molecular weight is 490 g/mol. The van der Waals surface area contributed by atoms with Crippen molar-refractivity contribution in [2.75, 3.05) is 31.7 Å². The average Bonchev–Trinajstić information content (AvgIpc) is 2.84. The first-order valence-corrected chi connectivity index (χ1v) is 8.43. The number of nitrogens with two attached hydrogens (primary N) is 1. The normalized spacial score (nSPS) is 13.3. The molecule has 26 heavy (non-hydrogen) atoms. The van der Waals surface area contributed by atoms with Crippen LogP contribution in [0.1, 0.15) is 6.42 Å². The van der Waals surface area contributed by atoms with E-state index in [1.54, 1.807) is 12.1 Å². The monoisotopic (exact) mass is 489 g/mol. The highest BCUT2D eigenvalue weighted by molar-refractivity contribution is 14.0. The topological polar surface area (TPSA) is 78.1 Å². The fourth-order valence-electron chi connectivity index (χ4n) is 2.31. The predicted octanol–water partition coefficient (Wildman–Crippen LogP) is 3.92. The Balaban J connectivity index is 0.00000243. The molecule has 8 heteroatoms. The molecule has 0 fully saturated rings. The van der Waals surface area contributed by atoms with Crippen LogP contribution < -0.4 is 25.3 Å². The van der Waals surface area contributed by atoms with Crippen LogP contribution in [0.2, 0.25) is 5.02 Å². The smallest absolute Gasteiger partial charge is 0.193 e. The maximum absolute atomic E-state index is 5.91. The van der Waals surface area contributed by atoms with E-state index in [0.29, 0.717) is 48.8 Å². The van der Waals surface area contributed by atoms with Crippen LogP contribution in [0.4, 0.5) is 5.69 Å². The summed E-state index contributed by atoms with van der Waals surface area (Å²) in [5, 5.41) is 3.67. The molecule has 3 rings (SSSR count). The van der Waals surface area contributed by atoms with Gasteiger partial charge >= 0.3 is 0 Å². The number of ether oxygens (including phenoxy) is 3. The molecular weight excluding hydrogens is 469 g/mol. The van der Waals surface area contributed by atoms with Crippen molar-refractivity contribution >= 4 is 47.2 Å². The zero-order valence-electron chi connectivity index (χ0n) is 14.1. The number of nitrogens with zero attached hydrogens (tertiary/aromatic N) is 1. The van der Waals surface area contributed by atoms with Crippen LogP contribution in [-0.4, -0.2) is 32.3 Å². The molecule has 6 nitrogen and oxygen atoms in total. The van der Waals surface area contributed by atoms with Gasteiger partial charge in [0, 0.05) is 23.2 Å². The van der Waals surface area contributed by atoms with Crippen LogP contribution in [0, 0.1) is 0 Å². The molecule has 0 aliphatic carbocycles. The lowest BCUT2D eigenvalue weighted by atomic mass is 10.3. The summed E-state index contributed by atoms with van der Waals surface area (Å²) in [5.41, 5.74) is 6.70. The second-order valence-corrected chi connectivity index (χ2v) is 5.85. The molecule has 0 saturated heterocycles. The second kappa shape index (κ2) is 10.3. The standard InChI is InChI=1S/C18H20ClN3O3.HI/c19-13-3-1-4-15(11-13)23-10-7-21-18(20)22-14-5-6-16-17(12-14)25-9-2-8-24-16;/h1,3-6,11-12H,2,7-10H2,(H3,20,21,22);1H. The molecule has 0 bridgehead atoms. The molecule has 2 aromatic carbocycles. The molecule has 3 N–H and O–H groups in total. The zero-order valence-corrected chi connectivity index (χ0v) is 17.2. The lowest BCUT2D eigenvalue weighted by molar-refractivity contribution is 0.297. The van der Waals surface area contributed by atoms with Gasteiger partial charge in [-0.2, -0.15) is 0 Å². The van der Waals surface area contributed by atoms with Crippen molar-refractivity contribution in [3.05, 3.63) is 47.5 Å². The minimum atomic E-state index is 0. The van der Waals surface area contributed by atoms with Gasteiger partial charge < -0.3 is 25.3 Å². The molecule has 0 amide bonds. The van der Waals surface area contributed by atoms with E-state index in [2.05, 4.69) is 10.3 Å². The lowest BCUT2D eigenvalue weighted by Gasteiger charge is -2.11. The number of hydrogen-bond acceptors (Lipinski definition) is 4. The first-order chi connectivity index (χ1) is 12.2. The Labute approximate surface area is 174 Å². The number of nitrogens with one attached hydrogen (secondary N) is 1. The zero-order chi connectivity index (χ0) is 17.5. The molecule has 0 aromatic heterocycles. The van der Waals surface area contributed by atoms with Crippen LogP contribution >= 0.6 is 35.6 Å². The summed E-state index contributed by atoms with van der Waals surface area (Å²) >= 11 is 5.90. The largest absolute Gasteiger partial charge is 0.492 e. The maximum Gasteiger partial charge on any atom is 0.193 e. The summed E-state index contributed by atoms with van der Waals surface area (Å²) in [4.78, 5) is 4.24. The van der Waals surface area contributed by atoms with Gasteiger partial charge in [-0.05, 0) is 30.3 Å². The van der Waals surface area contributed by atoms with Crippen LogP contribution in [0.15, 0.2) is 47.5 Å². The van der Waals surface area contributed by atoms with Crippen molar-refractivity contribution in [2.24, 2.45) is 10.7 Å². The van der Waals surface area contributed by atoms with Gasteiger partial charge in [-0.3, -0.25) is 0 Å². The van der Waals surface area contributed by atoms with Gasteiger partial charge in [-0.1, -0.05) is 17.7 Å². The Hall–Kier alpha value is -1.87. The van der Waals surface area contributed by atoms with Crippen molar-refractivity contribution in [3.63, 3.8) is 0 Å². The van der Waals surface area contributed by atoms with Crippen molar-refractivity contribution in [3.8, 4) is 17.2 Å². The number of halogens is 2. The van der Waals surface area contributed by atoms with Crippen LogP contribution in [0.25, 0.3) is 0 Å². The van der Waals surface area contributed by atoms with Gasteiger partial charge in [-0.15, -0.1) is 24.0 Å². The van der Waals surface area contributed by atoms with Crippen LogP contribution in [-0.2, 0) is 0 Å². The van der Waals surface area contributed by atoms with Crippen LogP contribution in [0.3, 0.4) is 0 Å². The second-order valence-electron chi connectivity index (χ2n) is 5.41. The third-order valence-corrected chi connectivity index (χ3v) is 3.69. The number of benzene rings is 2. The van der Waals surface area contributed by atoms with Gasteiger partial charge in [0.2, 0.25) is 0 Å². The van der Waals surface area contributed by atoms with E-state index in [0.717, 1.165) is 17.9 Å². The Morgan fingerprint density at radius 2 is 1.96 bits per heavy atom. The third-order valence-electron chi connectivity index (χ3n) is 3.46. The Morgan fingerprint density at radius 3 is 2.77 bits per heavy atom. The molecule has 1 aliphatic rings. The fourth-order valence-corrected chi connectivity index (χ4v) is 2.50. The lowest BCUT2D eigenvalue weighted by Crippen LogP contribution is -2.23. The van der Waals surface area contributed by atoms with E-state index in [9.17, 15) is 0 Å². The molecule has 0 unspecified atom stereocenters. The molecule has 0 saturated carbocycles. The number of guanidine groups is 1. The van der Waals surface area contributed by atoms with Gasteiger partial charge in [0.05, 0.1) is 19.8 Å². The molecule has 1 heterocycles. The molecular formula is C18H21ClIN3O3. The van der Waals surface area contributed by atoms with E-state index in [-0.39, 0.29) is 24.0 Å². The minimum Gasteiger partial charge on any atom is -0.492 e. The maximum atomic E-state index is 5.91. The number of hydrogen-bond donors (Lipinski definition) is 2. The van der Waals surface area contributed by atoms with Gasteiger partial charge in [0.25, 0.3) is 0 Å². The fraction of sp³-hybridized carbons (Fsp3) is 0.278. The summed E-state index contributed by atoms with van der Waals surface area (Å²) in [6, 6.07) is 12.8. The third kappa shape index (κ3) is 6.14. The summed E-state index contributed by atoms with van der Waals surface area (Å²) in [6.45, 7) is 2.14. The van der Waals surface area contributed by atoms with E-state index >= 15 is 0 Å². The van der Waals surface area contributed by atoms with Gasteiger partial charge in [-0.25, -0.2) is 4.99 Å². The summed E-state index contributed by atoms with van der Waals surface area (Å²) in [6.07, 6.45) is 0.869. The Kier molecular flexibility index (Phi) is 8.11. The highest BCUT2D eigenvalue weighted by atomic mass is 127. The van der Waals surface area contributed by atoms with Crippen LogP contribution in [0.5, 0.6) is 17.2 Å². The number of anilines is 1. The molecule has 0 atom stereocenters. The van der Waals surface area contributed by atoms with E-state index in [1.165, 1.54) is 0 Å². The van der Waals surface area contributed by atoms with Crippen molar-refractivity contribution in [1.29, 1.82) is 0 Å². The number of fused-ring (bicyclic) bond motifs is 1. The Bertz CT molecular complexity index is 758. The van der Waals surface area contributed by atoms with Crippen molar-refractivity contribution in [1.82, 2.24) is 0 Å². The van der Waals surface area contributed by atoms with E-state index < -0.39 is 0 Å². The van der Waals surface area contributed by atoms with E-state index in [1.807, 2.05) is 30.3 Å². The molecule has 1 aliphatic heterocycles. The highest BCUT2D eigenvalue weighted by Gasteiger charge is 2.10. The van der Waals surface area contributed by atoms with Crippen molar-refractivity contribution < 1.29 is 14.2 Å². The quantitative estimate of drug-likeness (QED) is 0.288. The Morgan fingerprint density at radius 1 is 1.15 bits per heavy atom. The number of aliphatic imine (C=N–C) groups is 1. The van der Waals surface area contributed by atoms with E-state index in [4.69, 9.17) is 31.5 Å². The molecule has 0 spiro atoms. The summed E-state index contributed by atoms with van der Waals surface area (Å²) in [7, 11) is 0. The number of rotatable bonds is 5. The minimum absolute atomic E-state index is 0. The molecule has 2 aromatic rings. The SMILES string of the molecule is I.NC(=NCCOc1cccc(Cl)c1)Nc1ccc2c(c1)OCCCO2. The van der Waals surface area contributed by atoms with Gasteiger partial charge in [0.15, 0.2) is 17.5 Å². The molecule has 140 valence electrons. The summed E-state index contributed by atoms with van der Waals surface area (Å²) in [5.74, 6) is 2.47. The first kappa shape index (κ1) is 20.4. The predicted molar refractivity (Wildman–Crippen MR) is 115 cm³/mol.